The molecule has 1 fully saturated rings. The molecule has 1 unspecified atom stereocenters. The third-order valence-electron chi connectivity index (χ3n) is 5.29. The zero-order chi connectivity index (χ0) is 20.2. The second-order valence-electron chi connectivity index (χ2n) is 7.75. The lowest BCUT2D eigenvalue weighted by atomic mass is 10.0. The van der Waals surface area contributed by atoms with E-state index in [0.717, 1.165) is 36.0 Å². The summed E-state index contributed by atoms with van der Waals surface area (Å²) in [5.74, 6) is 3.14. The second kappa shape index (κ2) is 8.43. The first-order valence-electron chi connectivity index (χ1n) is 10.2. The number of hydrogen-bond acceptors (Lipinski definition) is 5. The van der Waals surface area contributed by atoms with Gasteiger partial charge < -0.3 is 10.2 Å². The quantitative estimate of drug-likeness (QED) is 0.601. The van der Waals surface area contributed by atoms with Crippen molar-refractivity contribution < 1.29 is 4.79 Å². The summed E-state index contributed by atoms with van der Waals surface area (Å²) in [6, 6.07) is 19.6. The maximum atomic E-state index is 11.5. The zero-order valence-corrected chi connectivity index (χ0v) is 16.9. The number of hydrogen-bond donors (Lipinski definition) is 1. The Balaban J connectivity index is 1.68. The minimum Gasteiger partial charge on any atom is -0.356 e. The molecule has 5 heteroatoms. The van der Waals surface area contributed by atoms with Crippen LogP contribution in [0, 0.1) is 5.92 Å². The van der Waals surface area contributed by atoms with Crippen LogP contribution in [0.2, 0.25) is 0 Å². The summed E-state index contributed by atoms with van der Waals surface area (Å²) >= 11 is 0. The van der Waals surface area contributed by atoms with Crippen molar-refractivity contribution >= 4 is 23.1 Å². The molecule has 3 aromatic rings. The van der Waals surface area contributed by atoms with Crippen LogP contribution in [-0.2, 0) is 0 Å². The van der Waals surface area contributed by atoms with Crippen molar-refractivity contribution in [1.82, 2.24) is 9.97 Å². The first kappa shape index (κ1) is 19.1. The van der Waals surface area contributed by atoms with Gasteiger partial charge in [0.2, 0.25) is 0 Å². The van der Waals surface area contributed by atoms with Crippen LogP contribution >= 0.6 is 0 Å². The number of piperidine rings is 1. The maximum Gasteiger partial charge on any atom is 0.163 e. The first-order valence-corrected chi connectivity index (χ1v) is 10.2. The Morgan fingerprint density at radius 1 is 1.07 bits per heavy atom. The highest BCUT2D eigenvalue weighted by Gasteiger charge is 2.19. The Morgan fingerprint density at radius 2 is 1.83 bits per heavy atom. The molecule has 4 rings (SSSR count). The molecule has 2 heterocycles. The molecular weight excluding hydrogens is 360 g/mol. The summed E-state index contributed by atoms with van der Waals surface area (Å²) in [4.78, 5) is 23.5. The SMILES string of the molecule is CC(=O)c1ccc(Nc2cc(N3CCCC(C)C3)nc(-c3ccccc3)n2)cc1. The molecular formula is C24H26N4O. The van der Waals surface area contributed by atoms with E-state index in [1.54, 1.807) is 6.92 Å². The minimum atomic E-state index is 0.0615. The molecule has 1 atom stereocenters. The van der Waals surface area contributed by atoms with Crippen LogP contribution in [0.3, 0.4) is 0 Å². The third kappa shape index (κ3) is 4.62. The van der Waals surface area contributed by atoms with Gasteiger partial charge in [0.25, 0.3) is 0 Å². The largest absolute Gasteiger partial charge is 0.356 e. The topological polar surface area (TPSA) is 58.1 Å². The summed E-state index contributed by atoms with van der Waals surface area (Å²) in [7, 11) is 0. The number of anilines is 3. The van der Waals surface area contributed by atoms with Gasteiger partial charge in [0, 0.05) is 36.0 Å². The van der Waals surface area contributed by atoms with Crippen LogP contribution in [0.1, 0.15) is 37.0 Å². The molecule has 0 amide bonds. The van der Waals surface area contributed by atoms with E-state index in [4.69, 9.17) is 9.97 Å². The smallest absolute Gasteiger partial charge is 0.163 e. The average molecular weight is 386 g/mol. The molecule has 0 saturated carbocycles. The van der Waals surface area contributed by atoms with Gasteiger partial charge in [0.05, 0.1) is 0 Å². The van der Waals surface area contributed by atoms with E-state index in [1.165, 1.54) is 12.8 Å². The van der Waals surface area contributed by atoms with Gasteiger partial charge in [-0.15, -0.1) is 0 Å². The predicted molar refractivity (Wildman–Crippen MR) is 118 cm³/mol. The molecule has 1 aromatic heterocycles. The molecule has 1 aliphatic heterocycles. The van der Waals surface area contributed by atoms with Gasteiger partial charge in [-0.3, -0.25) is 4.79 Å². The van der Waals surface area contributed by atoms with Gasteiger partial charge in [0.15, 0.2) is 11.6 Å². The van der Waals surface area contributed by atoms with E-state index in [0.29, 0.717) is 17.3 Å². The standard InChI is InChI=1S/C24H26N4O/c1-17-7-6-14-28(16-17)23-15-22(25-21-12-10-19(11-13-21)18(2)29)26-24(27-23)20-8-4-3-5-9-20/h3-5,8-13,15,17H,6-7,14,16H2,1-2H3,(H,25,26,27). The minimum absolute atomic E-state index is 0.0615. The van der Waals surface area contributed by atoms with Crippen molar-refractivity contribution in [1.29, 1.82) is 0 Å². The highest BCUT2D eigenvalue weighted by atomic mass is 16.1. The van der Waals surface area contributed by atoms with Crippen LogP contribution in [-0.4, -0.2) is 28.8 Å². The van der Waals surface area contributed by atoms with Crippen molar-refractivity contribution in [2.75, 3.05) is 23.3 Å². The van der Waals surface area contributed by atoms with Crippen LogP contribution in [0.25, 0.3) is 11.4 Å². The molecule has 0 spiro atoms. The number of Topliss-reactive ketones (excluding diaryl/α,β-unsaturated/α-hetero) is 1. The highest BCUT2D eigenvalue weighted by molar-refractivity contribution is 5.94. The molecule has 1 N–H and O–H groups in total. The Bertz CT molecular complexity index is 986. The molecule has 2 aromatic carbocycles. The Hall–Kier alpha value is -3.21. The van der Waals surface area contributed by atoms with Gasteiger partial charge >= 0.3 is 0 Å². The molecule has 0 radical (unpaired) electrons. The fourth-order valence-electron chi connectivity index (χ4n) is 3.71. The van der Waals surface area contributed by atoms with Crippen molar-refractivity contribution in [3.8, 4) is 11.4 Å². The van der Waals surface area contributed by atoms with Crippen LogP contribution in [0.5, 0.6) is 0 Å². The van der Waals surface area contributed by atoms with Gasteiger partial charge in [0.1, 0.15) is 11.6 Å². The third-order valence-corrected chi connectivity index (χ3v) is 5.29. The van der Waals surface area contributed by atoms with Crippen molar-refractivity contribution in [3.63, 3.8) is 0 Å². The summed E-state index contributed by atoms with van der Waals surface area (Å²) in [6.45, 7) is 5.90. The molecule has 1 aliphatic rings. The lowest BCUT2D eigenvalue weighted by Crippen LogP contribution is -2.35. The number of carbonyl (C=O) groups excluding carboxylic acids is 1. The number of aromatic nitrogens is 2. The molecule has 148 valence electrons. The number of nitrogens with zero attached hydrogens (tertiary/aromatic N) is 3. The van der Waals surface area contributed by atoms with Crippen molar-refractivity contribution in [2.45, 2.75) is 26.7 Å². The fraction of sp³-hybridized carbons (Fsp3) is 0.292. The number of ketones is 1. The van der Waals surface area contributed by atoms with Crippen LogP contribution in [0.15, 0.2) is 60.7 Å². The lowest BCUT2D eigenvalue weighted by Gasteiger charge is -2.32. The summed E-state index contributed by atoms with van der Waals surface area (Å²) < 4.78 is 0. The van der Waals surface area contributed by atoms with Crippen LogP contribution < -0.4 is 10.2 Å². The van der Waals surface area contributed by atoms with Gasteiger partial charge in [-0.1, -0.05) is 37.3 Å². The molecule has 0 aliphatic carbocycles. The van der Waals surface area contributed by atoms with Gasteiger partial charge in [-0.25, -0.2) is 9.97 Å². The van der Waals surface area contributed by atoms with E-state index in [1.807, 2.05) is 60.7 Å². The summed E-state index contributed by atoms with van der Waals surface area (Å²) in [6.07, 6.45) is 2.45. The summed E-state index contributed by atoms with van der Waals surface area (Å²) in [5, 5.41) is 3.38. The normalized spacial score (nSPS) is 16.5. The first-order chi connectivity index (χ1) is 14.1. The highest BCUT2D eigenvalue weighted by Crippen LogP contribution is 2.27. The maximum absolute atomic E-state index is 11.5. The van der Waals surface area contributed by atoms with E-state index < -0.39 is 0 Å². The lowest BCUT2D eigenvalue weighted by molar-refractivity contribution is 0.101. The Morgan fingerprint density at radius 3 is 2.52 bits per heavy atom. The molecule has 5 nitrogen and oxygen atoms in total. The zero-order valence-electron chi connectivity index (χ0n) is 16.9. The van der Waals surface area contributed by atoms with E-state index >= 15 is 0 Å². The number of nitrogens with one attached hydrogen (secondary N) is 1. The molecule has 29 heavy (non-hydrogen) atoms. The monoisotopic (exact) mass is 386 g/mol. The van der Waals surface area contributed by atoms with E-state index in [-0.39, 0.29) is 5.78 Å². The fourth-order valence-corrected chi connectivity index (χ4v) is 3.71. The number of benzene rings is 2. The van der Waals surface area contributed by atoms with Crippen molar-refractivity contribution in [3.05, 3.63) is 66.2 Å². The summed E-state index contributed by atoms with van der Waals surface area (Å²) in [5.41, 5.74) is 2.59. The molecule has 0 bridgehead atoms. The van der Waals surface area contributed by atoms with Crippen LogP contribution in [0.4, 0.5) is 17.3 Å². The predicted octanol–water partition coefficient (Wildman–Crippen LogP) is 5.33. The number of carbonyl (C=O) groups is 1. The van der Waals surface area contributed by atoms with Gasteiger partial charge in [-0.2, -0.15) is 0 Å². The molecule has 1 saturated heterocycles. The van der Waals surface area contributed by atoms with E-state index in [2.05, 4.69) is 17.1 Å². The Kier molecular flexibility index (Phi) is 5.56. The second-order valence-corrected chi connectivity index (χ2v) is 7.75. The van der Waals surface area contributed by atoms with E-state index in [9.17, 15) is 4.79 Å². The Labute approximate surface area is 171 Å². The van der Waals surface area contributed by atoms with Gasteiger partial charge in [-0.05, 0) is 49.9 Å². The van der Waals surface area contributed by atoms with Crippen molar-refractivity contribution in [2.24, 2.45) is 5.92 Å². The average Bonchev–Trinajstić information content (AvgIpc) is 2.74. The number of rotatable bonds is 5.